The third-order valence-electron chi connectivity index (χ3n) is 5.01. The molecule has 0 heterocycles. The van der Waals surface area contributed by atoms with Crippen LogP contribution < -0.4 is 5.32 Å². The predicted octanol–water partition coefficient (Wildman–Crippen LogP) is 10.5. The number of ether oxygens (including phenoxy) is 2. The number of allylic oxidation sites excluding steroid dienone is 8. The molecule has 0 unspecified atom stereocenters. The van der Waals surface area contributed by atoms with E-state index >= 15 is 0 Å². The van der Waals surface area contributed by atoms with E-state index in [1.165, 1.54) is 0 Å². The molecule has 1 atom stereocenters. The molecule has 0 bridgehead atoms. The van der Waals surface area contributed by atoms with E-state index in [1.807, 2.05) is 98.2 Å². The van der Waals surface area contributed by atoms with Crippen LogP contribution in [0.25, 0.3) is 0 Å². The van der Waals surface area contributed by atoms with Gasteiger partial charge in [0.2, 0.25) is 5.91 Å². The number of hydrogen-bond donors (Lipinski definition) is 2. The van der Waals surface area contributed by atoms with E-state index in [0.29, 0.717) is 37.9 Å². The van der Waals surface area contributed by atoms with Crippen molar-refractivity contribution < 1.29 is 24.2 Å². The maximum Gasteiger partial charge on any atom is 0.307 e. The Bertz CT molecular complexity index is 885. The first kappa shape index (κ1) is 57.2. The Morgan fingerprint density at radius 1 is 0.959 bits per heavy atom. The van der Waals surface area contributed by atoms with Crippen LogP contribution in [0.1, 0.15) is 101 Å². The highest BCUT2D eigenvalue weighted by molar-refractivity contribution is 5.76. The van der Waals surface area contributed by atoms with Gasteiger partial charge in [0.25, 0.3) is 0 Å². The fourth-order valence-corrected chi connectivity index (χ4v) is 2.90. The third kappa shape index (κ3) is 63.3. The molecule has 0 aliphatic carbocycles. The van der Waals surface area contributed by atoms with E-state index in [9.17, 15) is 9.59 Å². The summed E-state index contributed by atoms with van der Waals surface area (Å²) in [6.07, 6.45) is 27.1. The molecule has 0 spiro atoms. The van der Waals surface area contributed by atoms with E-state index in [4.69, 9.17) is 14.6 Å². The Kier molecular flexibility index (Phi) is 65.7. The van der Waals surface area contributed by atoms with Crippen LogP contribution in [0.4, 0.5) is 0 Å². The number of carbonyl (C=O) groups excluding carboxylic acids is 1. The molecule has 0 aliphatic heterocycles. The summed E-state index contributed by atoms with van der Waals surface area (Å²) >= 11 is 0. The number of aliphatic imine (C=N–C) groups is 1. The topological polar surface area (TPSA) is 100 Å². The molecule has 1 amide bonds. The molecule has 8 nitrogen and oxygen atoms in total. The number of unbranched alkanes of at least 4 members (excludes halogenated alkanes) is 1. The number of carboxylic acid groups (broad SMARTS) is 1. The molecule has 8 heteroatoms. The fourth-order valence-electron chi connectivity index (χ4n) is 2.90. The fraction of sp³-hybridized carbons (Fsp3) is 0.537. The van der Waals surface area contributed by atoms with Crippen LogP contribution in [0, 0.1) is 5.92 Å². The zero-order valence-corrected chi connectivity index (χ0v) is 33.2. The van der Waals surface area contributed by atoms with E-state index in [-0.39, 0.29) is 12.3 Å². The summed E-state index contributed by atoms with van der Waals surface area (Å²) in [7, 11) is 1.78. The zero-order valence-electron chi connectivity index (χ0n) is 33.2. The molecule has 0 saturated carbocycles. The summed E-state index contributed by atoms with van der Waals surface area (Å²) in [6.45, 7) is 33.9. The largest absolute Gasteiger partial charge is 0.497 e. The van der Waals surface area contributed by atoms with Gasteiger partial charge in [-0.25, -0.2) is 0 Å². The molecular weight excluding hydrogens is 614 g/mol. The molecule has 0 saturated heterocycles. The highest BCUT2D eigenvalue weighted by Gasteiger charge is 2.09. The van der Waals surface area contributed by atoms with Crippen LogP contribution in [0.15, 0.2) is 104 Å². The minimum atomic E-state index is -0.858. The van der Waals surface area contributed by atoms with Crippen LogP contribution in [-0.2, 0) is 19.1 Å². The highest BCUT2D eigenvalue weighted by atomic mass is 16.5. The number of rotatable bonds is 21. The van der Waals surface area contributed by atoms with Gasteiger partial charge in [0, 0.05) is 39.0 Å². The van der Waals surface area contributed by atoms with E-state index in [2.05, 4.69) is 48.8 Å². The molecule has 0 fully saturated rings. The average Bonchev–Trinajstić information content (AvgIpc) is 3.12. The Balaban J connectivity index is -0.000000142. The molecule has 0 aromatic carbocycles. The van der Waals surface area contributed by atoms with Gasteiger partial charge in [-0.1, -0.05) is 116 Å². The lowest BCUT2D eigenvalue weighted by Crippen LogP contribution is -2.30. The lowest BCUT2D eigenvalue weighted by molar-refractivity contribution is -0.136. The summed E-state index contributed by atoms with van der Waals surface area (Å²) in [5, 5.41) is 11.4. The molecule has 49 heavy (non-hydrogen) atoms. The van der Waals surface area contributed by atoms with Crippen molar-refractivity contribution in [3.05, 3.63) is 98.6 Å². The second-order valence-electron chi connectivity index (χ2n) is 9.39. The second kappa shape index (κ2) is 56.3. The standard InChI is InChI=1S/C17H30N2O3.C9H15NO.C7H12O.C4H6.2C2H6/c1-5-7-11-19(14-18-4)12-15(3)13-22-16(8-6-2)9-10-17(20)21;1-3-5-6-7-9(11)10-8-4-2;1-3-5-7-8-6-4-2;1-3-4-2;2*1-2/h6,8-9,14-15H,5,7,10-13H2,1-4H3,(H,20,21);3-5H,2,6-8H2,1H3,(H,10,11);3-6H,7H2,1-2H3;3-4H,1-2H2;2*1-2H3/b8-6-,16-9+,18-14?;5-3-;5-3-,6-4+;;;/t15-;;;;;/m1...../s1. The Hall–Kier alpha value is -4.07. The summed E-state index contributed by atoms with van der Waals surface area (Å²) < 4.78 is 10.7. The van der Waals surface area contributed by atoms with Gasteiger partial charge in [-0.15, -0.1) is 6.58 Å². The van der Waals surface area contributed by atoms with Crippen molar-refractivity contribution in [1.29, 1.82) is 0 Å². The normalized spacial score (nSPS) is 10.9. The number of nitrogens with one attached hydrogen (secondary N) is 1. The highest BCUT2D eigenvalue weighted by Crippen LogP contribution is 2.08. The minimum absolute atomic E-state index is 0.0286. The van der Waals surface area contributed by atoms with Gasteiger partial charge in [-0.2, -0.15) is 0 Å². The number of carbonyl (C=O) groups is 2. The van der Waals surface area contributed by atoms with E-state index < -0.39 is 5.97 Å². The van der Waals surface area contributed by atoms with E-state index in [1.54, 1.807) is 43.7 Å². The number of carboxylic acids is 1. The number of nitrogens with zero attached hydrogens (tertiary/aromatic N) is 2. The van der Waals surface area contributed by atoms with Crippen molar-refractivity contribution in [1.82, 2.24) is 10.2 Å². The van der Waals surface area contributed by atoms with Crippen molar-refractivity contribution in [2.45, 2.75) is 101 Å². The lowest BCUT2D eigenvalue weighted by atomic mass is 10.2. The first-order valence-corrected chi connectivity index (χ1v) is 17.6. The molecule has 0 rings (SSSR count). The second-order valence-corrected chi connectivity index (χ2v) is 9.39. The maximum atomic E-state index is 10.9. The van der Waals surface area contributed by atoms with Gasteiger partial charge >= 0.3 is 5.97 Å². The quantitative estimate of drug-likeness (QED) is 0.0311. The lowest BCUT2D eigenvalue weighted by Gasteiger charge is -2.23. The van der Waals surface area contributed by atoms with E-state index in [0.717, 1.165) is 32.4 Å². The molecule has 0 aromatic rings. The Morgan fingerprint density at radius 3 is 2.02 bits per heavy atom. The first-order chi connectivity index (χ1) is 23.7. The number of hydrogen-bond acceptors (Lipinski definition) is 5. The Labute approximate surface area is 302 Å². The van der Waals surface area contributed by atoms with Crippen molar-refractivity contribution in [2.24, 2.45) is 10.9 Å². The van der Waals surface area contributed by atoms with Gasteiger partial charge < -0.3 is 24.8 Å². The molecule has 2 N–H and O–H groups in total. The van der Waals surface area contributed by atoms with Gasteiger partial charge in [-0.3, -0.25) is 14.6 Å². The summed E-state index contributed by atoms with van der Waals surface area (Å²) in [6, 6.07) is 0. The molecular formula is C41H75N3O5. The van der Waals surface area contributed by atoms with Gasteiger partial charge in [0.15, 0.2) is 0 Å². The van der Waals surface area contributed by atoms with Gasteiger partial charge in [0.1, 0.15) is 12.4 Å². The predicted molar refractivity (Wildman–Crippen MR) is 217 cm³/mol. The first-order valence-electron chi connectivity index (χ1n) is 17.6. The van der Waals surface area contributed by atoms with Crippen LogP contribution in [0.2, 0.25) is 0 Å². The van der Waals surface area contributed by atoms with Crippen molar-refractivity contribution in [3.63, 3.8) is 0 Å². The third-order valence-corrected chi connectivity index (χ3v) is 5.01. The van der Waals surface area contributed by atoms with Crippen molar-refractivity contribution in [3.8, 4) is 0 Å². The van der Waals surface area contributed by atoms with Crippen LogP contribution in [-0.4, -0.2) is 68.1 Å². The summed E-state index contributed by atoms with van der Waals surface area (Å²) in [5.74, 6) is 0.168. The molecule has 0 aromatic heterocycles. The van der Waals surface area contributed by atoms with Crippen LogP contribution in [0.5, 0.6) is 0 Å². The van der Waals surface area contributed by atoms with Crippen molar-refractivity contribution >= 4 is 18.2 Å². The molecule has 284 valence electrons. The molecule has 0 radical (unpaired) electrons. The average molecular weight is 690 g/mol. The number of amides is 1. The SMILES string of the molecule is C/C=C\C(=C/CC(=O)O)OC[C@H](C)CN(C=NC)CCCC.C/C=C\CO/C=C/C.C=CC=C.C=CCNC(=O)CC/C=C\C.CC.CC. The van der Waals surface area contributed by atoms with Crippen molar-refractivity contribution in [2.75, 3.05) is 39.9 Å². The van der Waals surface area contributed by atoms with Crippen LogP contribution in [0.3, 0.4) is 0 Å². The monoisotopic (exact) mass is 690 g/mol. The molecule has 0 aliphatic rings. The van der Waals surface area contributed by atoms with Gasteiger partial charge in [0.05, 0.1) is 25.6 Å². The minimum Gasteiger partial charge on any atom is -0.497 e. The number of aliphatic carboxylic acids is 1. The van der Waals surface area contributed by atoms with Gasteiger partial charge in [-0.05, 0) is 52.7 Å². The Morgan fingerprint density at radius 2 is 1.57 bits per heavy atom. The smallest absolute Gasteiger partial charge is 0.307 e. The summed E-state index contributed by atoms with van der Waals surface area (Å²) in [5.41, 5.74) is 0. The summed E-state index contributed by atoms with van der Waals surface area (Å²) in [4.78, 5) is 27.8. The zero-order chi connectivity index (χ0) is 39.0. The van der Waals surface area contributed by atoms with Crippen LogP contribution >= 0.6 is 0 Å². The maximum absolute atomic E-state index is 10.9.